The Morgan fingerprint density at radius 2 is 1.77 bits per heavy atom. The molecule has 1 aromatic carbocycles. The second-order valence-corrected chi connectivity index (χ2v) is 7.80. The Kier molecular flexibility index (Phi) is 5.51. The number of amides is 3. The molecule has 162 valence electrons. The zero-order valence-electron chi connectivity index (χ0n) is 16.6. The maximum Gasteiger partial charge on any atom is 0.321 e. The molecule has 1 fully saturated rings. The molecule has 0 aliphatic carbocycles. The van der Waals surface area contributed by atoms with Crippen LogP contribution in [-0.4, -0.2) is 57.9 Å². The Hall–Kier alpha value is -3.60. The molecule has 12 heteroatoms. The molecular formula is C19H22ClN9O2. The summed E-state index contributed by atoms with van der Waals surface area (Å²) in [4.78, 5) is 38.8. The van der Waals surface area contributed by atoms with E-state index in [1.807, 2.05) is 30.3 Å². The monoisotopic (exact) mass is 443 g/mol. The number of nitrogens with zero attached hydrogens (tertiary/aromatic N) is 4. The number of carbonyl (C=O) groups is 2. The molecular weight excluding hydrogens is 422 g/mol. The fraction of sp³-hybridized carbons (Fsp3) is 0.316. The first-order valence-electron chi connectivity index (χ1n) is 9.69. The number of urea groups is 1. The van der Waals surface area contributed by atoms with Crippen molar-refractivity contribution in [3.8, 4) is 0 Å². The van der Waals surface area contributed by atoms with Crippen LogP contribution in [0.15, 0.2) is 35.3 Å². The first-order valence-corrected chi connectivity index (χ1v) is 10.1. The fourth-order valence-electron chi connectivity index (χ4n) is 3.55. The minimum atomic E-state index is -0.588. The molecule has 31 heavy (non-hydrogen) atoms. The van der Waals surface area contributed by atoms with Gasteiger partial charge in [-0.3, -0.25) is 15.1 Å². The van der Waals surface area contributed by atoms with Crippen LogP contribution in [0.3, 0.4) is 0 Å². The van der Waals surface area contributed by atoms with Gasteiger partial charge in [0.1, 0.15) is 0 Å². The van der Waals surface area contributed by atoms with E-state index in [1.54, 1.807) is 4.90 Å². The Balaban J connectivity index is 1.31. The van der Waals surface area contributed by atoms with Gasteiger partial charge in [0.15, 0.2) is 28.4 Å². The number of carbonyl (C=O) groups excluding carboxylic acids is 2. The minimum absolute atomic E-state index is 0.0472. The summed E-state index contributed by atoms with van der Waals surface area (Å²) in [5, 5.41) is 8.72. The molecule has 11 nitrogen and oxygen atoms in total. The highest BCUT2D eigenvalue weighted by molar-refractivity contribution is 6.31. The number of guanidine groups is 1. The summed E-state index contributed by atoms with van der Waals surface area (Å²) in [6.45, 7) is 1.61. The predicted octanol–water partition coefficient (Wildman–Crippen LogP) is 1.05. The van der Waals surface area contributed by atoms with Crippen molar-refractivity contribution < 1.29 is 9.59 Å². The first kappa shape index (κ1) is 20.7. The van der Waals surface area contributed by atoms with E-state index in [9.17, 15) is 9.59 Å². The van der Waals surface area contributed by atoms with Gasteiger partial charge in [-0.15, -0.1) is 0 Å². The number of hydrogen-bond acceptors (Lipinski definition) is 8. The van der Waals surface area contributed by atoms with Gasteiger partial charge in [0.2, 0.25) is 0 Å². The standard InChI is InChI=1S/C19H22ClN9O2/c20-13-15(22)26-14(21)12(25-13)16(30)27-17-23-10-19(28-17)6-8-29(9-7-19)18(31)24-11-4-2-1-3-5-11/h1-5H,6-10H2,(H,24,31)(H4,21,22,26)(H2,23,27,28,30). The number of likely N-dealkylation sites (tertiary alicyclic amines) is 1. The van der Waals surface area contributed by atoms with Crippen molar-refractivity contribution in [2.24, 2.45) is 4.99 Å². The lowest BCUT2D eigenvalue weighted by molar-refractivity contribution is 0.0971. The smallest absolute Gasteiger partial charge is 0.321 e. The van der Waals surface area contributed by atoms with Crippen molar-refractivity contribution in [3.05, 3.63) is 41.2 Å². The molecule has 3 amide bonds. The number of benzene rings is 1. The van der Waals surface area contributed by atoms with Crippen molar-refractivity contribution in [2.45, 2.75) is 18.4 Å². The third-order valence-corrected chi connectivity index (χ3v) is 5.59. The summed E-state index contributed by atoms with van der Waals surface area (Å²) in [5.41, 5.74) is 11.6. The van der Waals surface area contributed by atoms with Crippen LogP contribution < -0.4 is 27.4 Å². The van der Waals surface area contributed by atoms with Crippen molar-refractivity contribution in [2.75, 3.05) is 36.4 Å². The number of piperidine rings is 1. The largest absolute Gasteiger partial charge is 0.382 e. The summed E-state index contributed by atoms with van der Waals surface area (Å²) < 4.78 is 0. The third-order valence-electron chi connectivity index (χ3n) is 5.31. The van der Waals surface area contributed by atoms with Crippen LogP contribution in [0.4, 0.5) is 22.1 Å². The lowest BCUT2D eigenvalue weighted by atomic mass is 9.88. The lowest BCUT2D eigenvalue weighted by Crippen LogP contribution is -2.57. The maximum absolute atomic E-state index is 12.5. The third kappa shape index (κ3) is 4.45. The fourth-order valence-corrected chi connectivity index (χ4v) is 3.68. The molecule has 2 aliphatic rings. The SMILES string of the molecule is Nc1nc(N)c(C(=O)NC2=NCC3(CCN(C(=O)Nc4ccccc4)CC3)N2)nc1Cl. The summed E-state index contributed by atoms with van der Waals surface area (Å²) in [6, 6.07) is 9.18. The Labute approximate surface area is 183 Å². The highest BCUT2D eigenvalue weighted by Crippen LogP contribution is 2.26. The Morgan fingerprint density at radius 3 is 2.48 bits per heavy atom. The minimum Gasteiger partial charge on any atom is -0.382 e. The Morgan fingerprint density at radius 1 is 1.06 bits per heavy atom. The van der Waals surface area contributed by atoms with Gasteiger partial charge >= 0.3 is 6.03 Å². The van der Waals surface area contributed by atoms with Gasteiger partial charge in [0.25, 0.3) is 5.91 Å². The summed E-state index contributed by atoms with van der Waals surface area (Å²) in [6.07, 6.45) is 1.38. The number of anilines is 3. The van der Waals surface area contributed by atoms with E-state index in [-0.39, 0.29) is 34.1 Å². The molecule has 4 rings (SSSR count). The molecule has 0 atom stereocenters. The topological polar surface area (TPSA) is 164 Å². The summed E-state index contributed by atoms with van der Waals surface area (Å²) >= 11 is 5.84. The first-order chi connectivity index (χ1) is 14.8. The quantitative estimate of drug-likeness (QED) is 0.462. The van der Waals surface area contributed by atoms with Gasteiger partial charge in [0.05, 0.1) is 12.1 Å². The molecule has 1 spiro atoms. The van der Waals surface area contributed by atoms with Gasteiger partial charge in [-0.2, -0.15) is 0 Å². The molecule has 7 N–H and O–H groups in total. The van der Waals surface area contributed by atoms with Gasteiger partial charge in [-0.25, -0.2) is 14.8 Å². The van der Waals surface area contributed by atoms with Crippen LogP contribution in [0, 0.1) is 0 Å². The number of aliphatic imine (C=N–C) groups is 1. The zero-order chi connectivity index (χ0) is 22.0. The number of nitrogens with two attached hydrogens (primary N) is 2. The highest BCUT2D eigenvalue weighted by atomic mass is 35.5. The molecule has 0 radical (unpaired) electrons. The van der Waals surface area contributed by atoms with Crippen molar-refractivity contribution >= 4 is 46.8 Å². The summed E-state index contributed by atoms with van der Waals surface area (Å²) in [7, 11) is 0. The molecule has 2 aromatic rings. The zero-order valence-corrected chi connectivity index (χ0v) is 17.3. The highest BCUT2D eigenvalue weighted by Gasteiger charge is 2.40. The summed E-state index contributed by atoms with van der Waals surface area (Å²) in [5.74, 6) is -0.435. The van der Waals surface area contributed by atoms with E-state index >= 15 is 0 Å². The molecule has 0 saturated carbocycles. The normalized spacial score (nSPS) is 17.1. The lowest BCUT2D eigenvalue weighted by Gasteiger charge is -2.39. The number of aromatic nitrogens is 2. The molecule has 2 aliphatic heterocycles. The van der Waals surface area contributed by atoms with Gasteiger partial charge < -0.3 is 27.0 Å². The molecule has 1 aromatic heterocycles. The van der Waals surface area contributed by atoms with E-state index in [0.717, 1.165) is 5.69 Å². The number of rotatable bonds is 2. The maximum atomic E-state index is 12.5. The van der Waals surface area contributed by atoms with E-state index in [0.29, 0.717) is 38.4 Å². The van der Waals surface area contributed by atoms with Gasteiger partial charge in [-0.1, -0.05) is 29.8 Å². The van der Waals surface area contributed by atoms with Crippen molar-refractivity contribution in [1.29, 1.82) is 0 Å². The van der Waals surface area contributed by atoms with E-state index in [4.69, 9.17) is 23.1 Å². The second-order valence-electron chi connectivity index (χ2n) is 7.44. The molecule has 1 saturated heterocycles. The van der Waals surface area contributed by atoms with Crippen LogP contribution in [0.5, 0.6) is 0 Å². The van der Waals surface area contributed by atoms with E-state index in [1.165, 1.54) is 0 Å². The number of para-hydroxylation sites is 1. The van der Waals surface area contributed by atoms with Crippen LogP contribution in [0.2, 0.25) is 5.15 Å². The van der Waals surface area contributed by atoms with Crippen molar-refractivity contribution in [3.63, 3.8) is 0 Å². The van der Waals surface area contributed by atoms with Gasteiger partial charge in [-0.05, 0) is 25.0 Å². The van der Waals surface area contributed by atoms with Gasteiger partial charge in [0, 0.05) is 18.8 Å². The second kappa shape index (κ2) is 8.26. The van der Waals surface area contributed by atoms with Crippen LogP contribution in [-0.2, 0) is 0 Å². The molecule has 3 heterocycles. The molecule has 0 bridgehead atoms. The van der Waals surface area contributed by atoms with Crippen LogP contribution >= 0.6 is 11.6 Å². The van der Waals surface area contributed by atoms with Crippen molar-refractivity contribution in [1.82, 2.24) is 25.5 Å². The van der Waals surface area contributed by atoms with Crippen LogP contribution in [0.25, 0.3) is 0 Å². The number of nitrogens with one attached hydrogen (secondary N) is 3. The number of hydrogen-bond donors (Lipinski definition) is 5. The number of halogens is 1. The number of nitrogen functional groups attached to an aromatic ring is 2. The average Bonchev–Trinajstić information content (AvgIpc) is 3.13. The molecule has 0 unspecified atom stereocenters. The Bertz CT molecular complexity index is 1040. The van der Waals surface area contributed by atoms with E-state index < -0.39 is 5.91 Å². The predicted molar refractivity (Wildman–Crippen MR) is 118 cm³/mol. The van der Waals surface area contributed by atoms with Crippen LogP contribution in [0.1, 0.15) is 23.3 Å². The van der Waals surface area contributed by atoms with E-state index in [2.05, 4.69) is 30.9 Å². The average molecular weight is 444 g/mol.